The smallest absolute Gasteiger partial charge is 0.440 e. The molecule has 1 aliphatic carbocycles. The van der Waals surface area contributed by atoms with Crippen LogP contribution in [-0.4, -0.2) is 62.0 Å². The summed E-state index contributed by atoms with van der Waals surface area (Å²) in [5.74, 6) is -2.98. The fourth-order valence-corrected chi connectivity index (χ4v) is 4.63. The van der Waals surface area contributed by atoms with Gasteiger partial charge in [-0.15, -0.1) is 0 Å². The lowest BCUT2D eigenvalue weighted by atomic mass is 9.77. The van der Waals surface area contributed by atoms with Crippen molar-refractivity contribution in [2.45, 2.75) is 51.0 Å². The van der Waals surface area contributed by atoms with E-state index in [4.69, 9.17) is 14.2 Å². The average Bonchev–Trinajstić information content (AvgIpc) is 3.04. The SMILES string of the molecule is COc1ccc(C(=O)N[C@@]2(C(F)(F)F)NC(=O)N([C@H]3CCC[C@@H](C)[C@H]3C)C2=O)c(OC)c1OC. The molecule has 12 heteroatoms. The monoisotopic (exact) mass is 487 g/mol. The largest absolute Gasteiger partial charge is 0.493 e. The Morgan fingerprint density at radius 2 is 1.74 bits per heavy atom. The van der Waals surface area contributed by atoms with Crippen LogP contribution in [0.15, 0.2) is 12.1 Å². The molecule has 0 spiro atoms. The maximum Gasteiger partial charge on any atom is 0.440 e. The second-order valence-corrected chi connectivity index (χ2v) is 8.52. The molecule has 1 aromatic rings. The van der Waals surface area contributed by atoms with Crippen LogP contribution in [0, 0.1) is 11.8 Å². The van der Waals surface area contributed by atoms with Crippen LogP contribution >= 0.6 is 0 Å². The molecular formula is C22H28F3N3O6. The van der Waals surface area contributed by atoms with Gasteiger partial charge in [-0.2, -0.15) is 13.2 Å². The predicted octanol–water partition coefficient (Wildman–Crippen LogP) is 3.08. The van der Waals surface area contributed by atoms with E-state index in [1.165, 1.54) is 33.5 Å². The molecular weight excluding hydrogens is 459 g/mol. The van der Waals surface area contributed by atoms with Crippen LogP contribution in [0.25, 0.3) is 0 Å². The van der Waals surface area contributed by atoms with Crippen LogP contribution in [0.4, 0.5) is 18.0 Å². The van der Waals surface area contributed by atoms with Gasteiger partial charge in [0.05, 0.1) is 26.9 Å². The Kier molecular flexibility index (Phi) is 6.90. The van der Waals surface area contributed by atoms with Gasteiger partial charge in [-0.05, 0) is 30.4 Å². The number of methoxy groups -OCH3 is 3. The van der Waals surface area contributed by atoms with Crippen LogP contribution in [-0.2, 0) is 4.79 Å². The first-order valence-electron chi connectivity index (χ1n) is 10.8. The summed E-state index contributed by atoms with van der Waals surface area (Å²) in [5.41, 5.74) is -3.97. The zero-order valence-electron chi connectivity index (χ0n) is 19.5. The fourth-order valence-electron chi connectivity index (χ4n) is 4.63. The molecule has 9 nitrogen and oxygen atoms in total. The highest BCUT2D eigenvalue weighted by Gasteiger charge is 2.70. The van der Waals surface area contributed by atoms with E-state index in [1.807, 2.05) is 6.92 Å². The quantitative estimate of drug-likeness (QED) is 0.598. The summed E-state index contributed by atoms with van der Waals surface area (Å²) < 4.78 is 58.4. The number of benzene rings is 1. The molecule has 0 bridgehead atoms. The van der Waals surface area contributed by atoms with Gasteiger partial charge in [0.15, 0.2) is 11.5 Å². The van der Waals surface area contributed by atoms with Crippen LogP contribution in [0.2, 0.25) is 0 Å². The third-order valence-corrected chi connectivity index (χ3v) is 6.72. The number of rotatable bonds is 6. The lowest BCUT2D eigenvalue weighted by molar-refractivity contribution is -0.201. The first kappa shape index (κ1) is 25.4. The molecule has 1 saturated carbocycles. The van der Waals surface area contributed by atoms with E-state index < -0.39 is 35.7 Å². The van der Waals surface area contributed by atoms with Crippen LogP contribution in [0.5, 0.6) is 17.2 Å². The van der Waals surface area contributed by atoms with E-state index in [2.05, 4.69) is 0 Å². The summed E-state index contributed by atoms with van der Waals surface area (Å²) in [7, 11) is 3.80. The molecule has 1 saturated heterocycles. The highest BCUT2D eigenvalue weighted by Crippen LogP contribution is 2.42. The van der Waals surface area contributed by atoms with Crippen molar-refractivity contribution < 1.29 is 41.8 Å². The van der Waals surface area contributed by atoms with Crippen molar-refractivity contribution in [2.24, 2.45) is 11.8 Å². The van der Waals surface area contributed by atoms with Gasteiger partial charge in [0.1, 0.15) is 0 Å². The summed E-state index contributed by atoms with van der Waals surface area (Å²) >= 11 is 0. The summed E-state index contributed by atoms with van der Waals surface area (Å²) in [4.78, 5) is 39.6. The second kappa shape index (κ2) is 9.22. The van der Waals surface area contributed by atoms with E-state index in [9.17, 15) is 27.6 Å². The molecule has 0 unspecified atom stereocenters. The number of carbonyl (C=O) groups is 3. The predicted molar refractivity (Wildman–Crippen MR) is 114 cm³/mol. The number of nitrogens with zero attached hydrogens (tertiary/aromatic N) is 1. The minimum absolute atomic E-state index is 0.0212. The third-order valence-electron chi connectivity index (χ3n) is 6.72. The number of imide groups is 1. The van der Waals surface area contributed by atoms with Gasteiger partial charge in [0.2, 0.25) is 5.75 Å². The molecule has 0 radical (unpaired) electrons. The Morgan fingerprint density at radius 3 is 2.29 bits per heavy atom. The molecule has 1 aromatic carbocycles. The minimum Gasteiger partial charge on any atom is -0.493 e. The molecule has 1 heterocycles. The number of hydrogen-bond donors (Lipinski definition) is 2. The number of amides is 4. The van der Waals surface area contributed by atoms with E-state index >= 15 is 0 Å². The molecule has 3 rings (SSSR count). The van der Waals surface area contributed by atoms with Crippen LogP contribution in [0.3, 0.4) is 0 Å². The highest BCUT2D eigenvalue weighted by atomic mass is 19.4. The van der Waals surface area contributed by atoms with Crippen molar-refractivity contribution in [2.75, 3.05) is 21.3 Å². The van der Waals surface area contributed by atoms with Crippen molar-refractivity contribution >= 4 is 17.8 Å². The minimum atomic E-state index is -5.32. The van der Waals surface area contributed by atoms with Gasteiger partial charge in [-0.25, -0.2) is 4.79 Å². The number of halogens is 3. The number of urea groups is 1. The van der Waals surface area contributed by atoms with Gasteiger partial charge in [-0.1, -0.05) is 26.7 Å². The lowest BCUT2D eigenvalue weighted by Crippen LogP contribution is -2.69. The second-order valence-electron chi connectivity index (χ2n) is 8.52. The Bertz CT molecular complexity index is 985. The zero-order valence-corrected chi connectivity index (χ0v) is 19.5. The standard InChI is InChI=1S/C22H28F3N3O6/c1-11-7-6-8-14(12(11)2)28-19(30)21(22(23,24)25,27-20(28)31)26-18(29)13-9-10-15(32-3)17(34-5)16(13)33-4/h9-12,14H,6-8H2,1-5H3,(H,26,29)(H,27,31)/t11-,12-,14+,21-/m1/s1. The van der Waals surface area contributed by atoms with E-state index in [1.54, 1.807) is 17.6 Å². The number of ether oxygens (including phenoxy) is 3. The molecule has 34 heavy (non-hydrogen) atoms. The Balaban J connectivity index is 2.02. The summed E-state index contributed by atoms with van der Waals surface area (Å²) in [6.07, 6.45) is -3.42. The molecule has 2 aliphatic rings. The maximum absolute atomic E-state index is 14.3. The Morgan fingerprint density at radius 1 is 1.09 bits per heavy atom. The maximum atomic E-state index is 14.3. The number of alkyl halides is 3. The van der Waals surface area contributed by atoms with Gasteiger partial charge >= 0.3 is 12.2 Å². The molecule has 4 atom stereocenters. The van der Waals surface area contributed by atoms with Crippen molar-refractivity contribution in [3.8, 4) is 17.2 Å². The summed E-state index contributed by atoms with van der Waals surface area (Å²) in [6, 6.07) is 0.563. The molecule has 2 N–H and O–H groups in total. The molecule has 1 aliphatic heterocycles. The van der Waals surface area contributed by atoms with E-state index in [0.717, 1.165) is 6.42 Å². The topological polar surface area (TPSA) is 106 Å². The zero-order chi connectivity index (χ0) is 25.4. The average molecular weight is 487 g/mol. The summed E-state index contributed by atoms with van der Waals surface area (Å²) in [5, 5.41) is 3.44. The van der Waals surface area contributed by atoms with Gasteiger partial charge < -0.3 is 19.5 Å². The Hall–Kier alpha value is -3.18. The summed E-state index contributed by atoms with van der Waals surface area (Å²) in [6.45, 7) is 3.73. The highest BCUT2D eigenvalue weighted by molar-refractivity contribution is 6.11. The van der Waals surface area contributed by atoms with E-state index in [-0.39, 0.29) is 34.6 Å². The lowest BCUT2D eigenvalue weighted by Gasteiger charge is -2.38. The first-order valence-corrected chi connectivity index (χ1v) is 10.8. The van der Waals surface area contributed by atoms with Gasteiger partial charge in [-0.3, -0.25) is 19.8 Å². The number of carbonyl (C=O) groups excluding carboxylic acids is 3. The van der Waals surface area contributed by atoms with Crippen molar-refractivity contribution in [1.29, 1.82) is 0 Å². The fraction of sp³-hybridized carbons (Fsp3) is 0.591. The normalized spacial score (nSPS) is 27.3. The van der Waals surface area contributed by atoms with Crippen LogP contribution < -0.4 is 24.8 Å². The van der Waals surface area contributed by atoms with Crippen LogP contribution in [0.1, 0.15) is 43.5 Å². The Labute approximate surface area is 194 Å². The molecule has 188 valence electrons. The number of nitrogens with one attached hydrogen (secondary N) is 2. The first-order chi connectivity index (χ1) is 15.9. The van der Waals surface area contributed by atoms with Crippen molar-refractivity contribution in [3.63, 3.8) is 0 Å². The molecule has 0 aromatic heterocycles. The van der Waals surface area contributed by atoms with Gasteiger partial charge in [0.25, 0.3) is 17.5 Å². The van der Waals surface area contributed by atoms with Gasteiger partial charge in [0, 0.05) is 6.04 Å². The number of hydrogen-bond acceptors (Lipinski definition) is 6. The van der Waals surface area contributed by atoms with Crippen molar-refractivity contribution in [3.05, 3.63) is 17.7 Å². The van der Waals surface area contributed by atoms with E-state index in [0.29, 0.717) is 17.7 Å². The molecule has 4 amide bonds. The van der Waals surface area contributed by atoms with Crippen molar-refractivity contribution in [1.82, 2.24) is 15.5 Å². The third kappa shape index (κ3) is 3.98. The molecule has 2 fully saturated rings.